The predicted octanol–water partition coefficient (Wildman–Crippen LogP) is 4.74. The summed E-state index contributed by atoms with van der Waals surface area (Å²) >= 11 is 0. The summed E-state index contributed by atoms with van der Waals surface area (Å²) in [7, 11) is 0. The maximum Gasteiger partial charge on any atom is 0.262 e. The monoisotopic (exact) mass is 372 g/mol. The van der Waals surface area contributed by atoms with Gasteiger partial charge in [-0.15, -0.1) is 0 Å². The summed E-state index contributed by atoms with van der Waals surface area (Å²) in [5.74, 6) is 1.12. The molecular formula is C23H20N2O3. The van der Waals surface area contributed by atoms with Crippen molar-refractivity contribution < 1.29 is 13.9 Å². The zero-order valence-electron chi connectivity index (χ0n) is 15.5. The Morgan fingerprint density at radius 1 is 1.04 bits per heavy atom. The molecule has 1 aromatic heterocycles. The zero-order chi connectivity index (χ0) is 19.3. The molecule has 1 amide bonds. The average molecular weight is 372 g/mol. The number of benzene rings is 3. The lowest BCUT2D eigenvalue weighted by molar-refractivity contribution is -0.118. The molecule has 1 N–H and O–H groups in total. The fourth-order valence-corrected chi connectivity index (χ4v) is 2.96. The highest BCUT2D eigenvalue weighted by Gasteiger charge is 2.10. The number of ether oxygens (including phenoxy) is 1. The average Bonchev–Trinajstić information content (AvgIpc) is 3.09. The molecule has 0 unspecified atom stereocenters. The maximum atomic E-state index is 12.2. The van der Waals surface area contributed by atoms with Crippen LogP contribution < -0.4 is 10.1 Å². The van der Waals surface area contributed by atoms with Crippen molar-refractivity contribution in [3.8, 4) is 5.75 Å². The van der Waals surface area contributed by atoms with Crippen molar-refractivity contribution in [2.24, 2.45) is 0 Å². The highest BCUT2D eigenvalue weighted by molar-refractivity contribution is 5.93. The molecule has 0 aliphatic heterocycles. The number of carbonyl (C=O) groups is 1. The van der Waals surface area contributed by atoms with E-state index in [1.54, 1.807) is 12.1 Å². The van der Waals surface area contributed by atoms with E-state index in [0.29, 0.717) is 34.8 Å². The van der Waals surface area contributed by atoms with Crippen LogP contribution in [0.25, 0.3) is 11.1 Å². The number of amides is 1. The number of aromatic nitrogens is 1. The zero-order valence-corrected chi connectivity index (χ0v) is 15.5. The molecule has 4 rings (SSSR count). The van der Waals surface area contributed by atoms with Crippen LogP contribution in [0.2, 0.25) is 0 Å². The van der Waals surface area contributed by atoms with Gasteiger partial charge < -0.3 is 14.5 Å². The molecule has 0 spiro atoms. The van der Waals surface area contributed by atoms with Crippen molar-refractivity contribution in [2.75, 3.05) is 11.9 Å². The van der Waals surface area contributed by atoms with Crippen LogP contribution in [0, 0.1) is 6.92 Å². The van der Waals surface area contributed by atoms with E-state index in [9.17, 15) is 4.79 Å². The molecule has 4 aromatic rings. The Morgan fingerprint density at radius 3 is 2.64 bits per heavy atom. The maximum absolute atomic E-state index is 12.2. The molecule has 140 valence electrons. The minimum atomic E-state index is -0.226. The molecule has 0 fully saturated rings. The Hall–Kier alpha value is -3.60. The summed E-state index contributed by atoms with van der Waals surface area (Å²) in [6, 6.07) is 23.1. The van der Waals surface area contributed by atoms with E-state index in [2.05, 4.69) is 10.3 Å². The van der Waals surface area contributed by atoms with Crippen LogP contribution in [0.3, 0.4) is 0 Å². The summed E-state index contributed by atoms with van der Waals surface area (Å²) in [6.45, 7) is 1.89. The lowest BCUT2D eigenvalue weighted by Crippen LogP contribution is -2.20. The number of carbonyl (C=O) groups excluding carboxylic acids is 1. The van der Waals surface area contributed by atoms with Gasteiger partial charge in [0, 0.05) is 12.1 Å². The van der Waals surface area contributed by atoms with E-state index in [1.165, 1.54) is 0 Å². The first kappa shape index (κ1) is 17.8. The van der Waals surface area contributed by atoms with Gasteiger partial charge in [0.25, 0.3) is 5.91 Å². The molecule has 0 atom stereocenters. The number of rotatable bonds is 6. The number of hydrogen-bond acceptors (Lipinski definition) is 4. The highest BCUT2D eigenvalue weighted by atomic mass is 16.5. The van der Waals surface area contributed by atoms with Gasteiger partial charge in [0.2, 0.25) is 0 Å². The number of para-hydroxylation sites is 1. The van der Waals surface area contributed by atoms with Crippen molar-refractivity contribution >= 4 is 22.7 Å². The van der Waals surface area contributed by atoms with Gasteiger partial charge in [0.15, 0.2) is 18.1 Å². The molecule has 0 radical (unpaired) electrons. The first-order chi connectivity index (χ1) is 13.7. The van der Waals surface area contributed by atoms with Gasteiger partial charge in [-0.3, -0.25) is 4.79 Å². The van der Waals surface area contributed by atoms with E-state index in [1.807, 2.05) is 67.6 Å². The van der Waals surface area contributed by atoms with Gasteiger partial charge in [-0.2, -0.15) is 0 Å². The second kappa shape index (κ2) is 7.96. The molecule has 1 heterocycles. The Balaban J connectivity index is 1.41. The number of anilines is 1. The van der Waals surface area contributed by atoms with Crippen LogP contribution >= 0.6 is 0 Å². The summed E-state index contributed by atoms with van der Waals surface area (Å²) in [4.78, 5) is 16.7. The molecule has 0 aliphatic carbocycles. The number of aryl methyl sites for hydroxylation is 1. The second-order valence-corrected chi connectivity index (χ2v) is 6.55. The Morgan fingerprint density at radius 2 is 1.82 bits per heavy atom. The van der Waals surface area contributed by atoms with Crippen LogP contribution in [0.5, 0.6) is 5.75 Å². The molecule has 3 aromatic carbocycles. The van der Waals surface area contributed by atoms with Gasteiger partial charge >= 0.3 is 0 Å². The summed E-state index contributed by atoms with van der Waals surface area (Å²) in [6.07, 6.45) is 0.626. The molecule has 5 heteroatoms. The largest absolute Gasteiger partial charge is 0.483 e. The Bertz CT molecular complexity index is 1100. The van der Waals surface area contributed by atoms with Crippen LogP contribution in [0.4, 0.5) is 5.69 Å². The van der Waals surface area contributed by atoms with E-state index < -0.39 is 0 Å². The minimum absolute atomic E-state index is 0.0546. The van der Waals surface area contributed by atoms with Crippen molar-refractivity contribution in [3.05, 3.63) is 89.8 Å². The van der Waals surface area contributed by atoms with Crippen LogP contribution in [0.1, 0.15) is 17.0 Å². The van der Waals surface area contributed by atoms with Crippen LogP contribution in [-0.2, 0) is 11.2 Å². The highest BCUT2D eigenvalue weighted by Crippen LogP contribution is 2.22. The Labute approximate surface area is 163 Å². The van der Waals surface area contributed by atoms with Crippen LogP contribution in [0.15, 0.2) is 77.2 Å². The van der Waals surface area contributed by atoms with Gasteiger partial charge in [-0.25, -0.2) is 4.98 Å². The Kier molecular flexibility index (Phi) is 5.06. The summed E-state index contributed by atoms with van der Waals surface area (Å²) < 4.78 is 11.4. The molecule has 5 nitrogen and oxygen atoms in total. The first-order valence-corrected chi connectivity index (χ1v) is 9.09. The van der Waals surface area contributed by atoms with Crippen molar-refractivity contribution in [3.63, 3.8) is 0 Å². The van der Waals surface area contributed by atoms with Crippen molar-refractivity contribution in [2.45, 2.75) is 13.3 Å². The molecule has 0 saturated heterocycles. The quantitative estimate of drug-likeness (QED) is 0.531. The number of nitrogens with one attached hydrogen (secondary N) is 1. The SMILES string of the molecule is Cc1ccccc1OCC(=O)Nc1ccc2oc(Cc3ccccc3)nc2c1. The fourth-order valence-electron chi connectivity index (χ4n) is 2.96. The minimum Gasteiger partial charge on any atom is -0.483 e. The summed E-state index contributed by atoms with van der Waals surface area (Å²) in [5, 5.41) is 2.84. The van der Waals surface area contributed by atoms with Crippen molar-refractivity contribution in [1.29, 1.82) is 0 Å². The third kappa shape index (κ3) is 4.20. The number of hydrogen-bond donors (Lipinski definition) is 1. The van der Waals surface area contributed by atoms with Gasteiger partial charge in [-0.1, -0.05) is 48.5 Å². The number of fused-ring (bicyclic) bond motifs is 1. The smallest absolute Gasteiger partial charge is 0.262 e. The third-order valence-electron chi connectivity index (χ3n) is 4.37. The van der Waals surface area contributed by atoms with Crippen LogP contribution in [-0.4, -0.2) is 17.5 Å². The fraction of sp³-hybridized carbons (Fsp3) is 0.130. The molecule has 0 aliphatic rings. The van der Waals surface area contributed by atoms with Gasteiger partial charge in [0.05, 0.1) is 0 Å². The third-order valence-corrected chi connectivity index (χ3v) is 4.37. The summed E-state index contributed by atoms with van der Waals surface area (Å²) in [5.41, 5.74) is 4.19. The van der Waals surface area contributed by atoms with E-state index in [-0.39, 0.29) is 12.5 Å². The topological polar surface area (TPSA) is 64.4 Å². The number of nitrogens with zero attached hydrogens (tertiary/aromatic N) is 1. The standard InChI is InChI=1S/C23H20N2O3/c1-16-7-5-6-10-20(16)27-15-22(26)24-18-11-12-21-19(14-18)25-23(28-21)13-17-8-3-2-4-9-17/h2-12,14H,13,15H2,1H3,(H,24,26). The number of oxazole rings is 1. The van der Waals surface area contributed by atoms with E-state index in [4.69, 9.17) is 9.15 Å². The van der Waals surface area contributed by atoms with Crippen molar-refractivity contribution in [1.82, 2.24) is 4.98 Å². The van der Waals surface area contributed by atoms with Gasteiger partial charge in [0.1, 0.15) is 11.3 Å². The van der Waals surface area contributed by atoms with E-state index in [0.717, 1.165) is 11.1 Å². The lowest BCUT2D eigenvalue weighted by atomic mass is 10.1. The normalized spacial score (nSPS) is 10.8. The van der Waals surface area contributed by atoms with E-state index >= 15 is 0 Å². The molecule has 0 bridgehead atoms. The molecule has 0 saturated carbocycles. The van der Waals surface area contributed by atoms with Gasteiger partial charge in [-0.05, 0) is 42.3 Å². The molecule has 28 heavy (non-hydrogen) atoms. The second-order valence-electron chi connectivity index (χ2n) is 6.55. The molecular weight excluding hydrogens is 352 g/mol. The first-order valence-electron chi connectivity index (χ1n) is 9.09. The lowest BCUT2D eigenvalue weighted by Gasteiger charge is -2.09. The predicted molar refractivity (Wildman–Crippen MR) is 109 cm³/mol.